The van der Waals surface area contributed by atoms with E-state index in [1.54, 1.807) is 11.8 Å². The minimum absolute atomic E-state index is 0.0505. The van der Waals surface area contributed by atoms with Gasteiger partial charge < -0.3 is 14.0 Å². The van der Waals surface area contributed by atoms with Crippen LogP contribution < -0.4 is 9.80 Å². The van der Waals surface area contributed by atoms with E-state index >= 15 is 0 Å². The van der Waals surface area contributed by atoms with Crippen LogP contribution >= 0.6 is 23.5 Å². The number of carbonyl (C=O) groups excluding carboxylic acids is 1. The molecule has 13 heteroatoms. The lowest BCUT2D eigenvalue weighted by Crippen LogP contribution is -3.03. The third kappa shape index (κ3) is 9.17. The number of fused-ring (bicyclic) bond motifs is 2. The molecule has 1 N–H and O–H groups in total. The average molecular weight is 798 g/mol. The van der Waals surface area contributed by atoms with Crippen molar-refractivity contribution >= 4 is 60.9 Å². The van der Waals surface area contributed by atoms with E-state index in [4.69, 9.17) is 0 Å². The molecule has 4 aromatic rings. The smallest absolute Gasteiger partial charge is 0.185 e. The number of quaternary nitrogens is 1. The summed E-state index contributed by atoms with van der Waals surface area (Å²) in [6.07, 6.45) is 9.02. The Morgan fingerprint density at radius 1 is 0.648 bits per heavy atom. The lowest BCUT2D eigenvalue weighted by atomic mass is 10.0. The van der Waals surface area contributed by atoms with Crippen LogP contribution in [0.3, 0.4) is 0 Å². The Morgan fingerprint density at radius 3 is 1.85 bits per heavy atom. The van der Waals surface area contributed by atoms with Gasteiger partial charge in [0.25, 0.3) is 0 Å². The maximum atomic E-state index is 13.7. The highest BCUT2D eigenvalue weighted by atomic mass is 32.2. The summed E-state index contributed by atoms with van der Waals surface area (Å²) in [5, 5.41) is 1.76. The molecule has 9 nitrogen and oxygen atoms in total. The van der Waals surface area contributed by atoms with Gasteiger partial charge in [-0.3, -0.25) is 9.69 Å². The highest BCUT2D eigenvalue weighted by Gasteiger charge is 2.32. The number of carbonyl (C=O) groups is 1. The maximum absolute atomic E-state index is 13.7. The fraction of sp³-hybridized carbons (Fsp3) is 0.195. The Balaban J connectivity index is 1.12. The minimum Gasteiger partial charge on any atom is -0.748 e. The van der Waals surface area contributed by atoms with Gasteiger partial charge in [0.05, 0.1) is 42.4 Å². The zero-order valence-electron chi connectivity index (χ0n) is 29.1. The molecule has 0 saturated heterocycles. The minimum atomic E-state index is -4.37. The average Bonchev–Trinajstić information content (AvgIpc) is 3.81. The van der Waals surface area contributed by atoms with Crippen molar-refractivity contribution in [1.82, 2.24) is 0 Å². The van der Waals surface area contributed by atoms with Crippen LogP contribution in [-0.4, -0.2) is 56.3 Å². The number of rotatable bonds is 12. The summed E-state index contributed by atoms with van der Waals surface area (Å²) in [7, 11) is -8.72. The number of anilines is 1. The SMILES string of the molecule is O=C1/C(=C/C=C2\Sc3ccc(-c4ccccc4)cc3N2CCCS(=O)(=O)[O-])CC/C1=C\C=C1/Sc2ccc(-c3ccccc3)cc2[NH+]1CCCS(=O)(=O)[O-]. The zero-order valence-corrected chi connectivity index (χ0v) is 32.4. The molecule has 1 unspecified atom stereocenters. The van der Waals surface area contributed by atoms with Crippen LogP contribution in [0.4, 0.5) is 11.4 Å². The molecule has 2 aliphatic heterocycles. The number of Topliss-reactive ketones (excluding diaryl/α,β-unsaturated/α-hetero) is 1. The number of hydrogen-bond acceptors (Lipinski definition) is 10. The van der Waals surface area contributed by atoms with Crippen molar-refractivity contribution in [2.45, 2.75) is 35.5 Å². The fourth-order valence-electron chi connectivity index (χ4n) is 6.83. The summed E-state index contributed by atoms with van der Waals surface area (Å²) in [5.74, 6) is -0.962. The van der Waals surface area contributed by atoms with E-state index in [2.05, 4.69) is 24.3 Å². The van der Waals surface area contributed by atoms with Gasteiger partial charge in [-0.05, 0) is 83.6 Å². The molecule has 1 aliphatic carbocycles. The Kier molecular flexibility index (Phi) is 11.5. The fourth-order valence-corrected chi connectivity index (χ4v) is 10.0. The quantitative estimate of drug-likeness (QED) is 0.118. The Labute approximate surface area is 324 Å². The topological polar surface area (TPSA) is 139 Å². The van der Waals surface area contributed by atoms with E-state index in [1.165, 1.54) is 11.8 Å². The molecule has 0 aromatic heterocycles. The first-order valence-electron chi connectivity index (χ1n) is 17.5. The molecule has 0 spiro atoms. The first-order chi connectivity index (χ1) is 25.9. The van der Waals surface area contributed by atoms with Crippen molar-refractivity contribution < 1.29 is 35.6 Å². The molecule has 4 aromatic carbocycles. The summed E-state index contributed by atoms with van der Waals surface area (Å²) in [6.45, 7) is 0.736. The third-order valence-corrected chi connectivity index (χ3v) is 13.4. The molecule has 2 heterocycles. The van der Waals surface area contributed by atoms with Gasteiger partial charge in [-0.2, -0.15) is 0 Å². The van der Waals surface area contributed by atoms with Crippen LogP contribution in [0.5, 0.6) is 0 Å². The Morgan fingerprint density at radius 2 is 1.22 bits per heavy atom. The van der Waals surface area contributed by atoms with Crippen LogP contribution in [0, 0.1) is 0 Å². The molecule has 1 atom stereocenters. The molecule has 278 valence electrons. The van der Waals surface area contributed by atoms with Crippen LogP contribution in [0.1, 0.15) is 25.7 Å². The van der Waals surface area contributed by atoms with Gasteiger partial charge in [0, 0.05) is 52.7 Å². The molecular weight excluding hydrogens is 761 g/mol. The summed E-state index contributed by atoms with van der Waals surface area (Å²) in [4.78, 5) is 18.7. The lowest BCUT2D eigenvalue weighted by molar-refractivity contribution is -0.780. The summed E-state index contributed by atoms with van der Waals surface area (Å²) < 4.78 is 68.5. The molecule has 3 aliphatic rings. The normalized spacial score (nSPS) is 20.1. The summed E-state index contributed by atoms with van der Waals surface area (Å²) in [5.41, 5.74) is 7.42. The van der Waals surface area contributed by atoms with Gasteiger partial charge in [0.1, 0.15) is 0 Å². The number of allylic oxidation sites excluding steroid dienone is 6. The second-order valence-electron chi connectivity index (χ2n) is 13.2. The third-order valence-electron chi connectivity index (χ3n) is 9.47. The van der Waals surface area contributed by atoms with E-state index in [0.717, 1.165) is 58.4 Å². The van der Waals surface area contributed by atoms with E-state index in [1.807, 2.05) is 102 Å². The molecule has 1 fully saturated rings. The van der Waals surface area contributed by atoms with E-state index in [0.29, 0.717) is 37.1 Å². The van der Waals surface area contributed by atoms with Crippen LogP contribution in [0.2, 0.25) is 0 Å². The van der Waals surface area contributed by atoms with Crippen molar-refractivity contribution in [3.63, 3.8) is 0 Å². The van der Waals surface area contributed by atoms with Gasteiger partial charge in [0.15, 0.2) is 16.5 Å². The molecule has 54 heavy (non-hydrogen) atoms. The number of thioether (sulfide) groups is 2. The number of nitrogens with one attached hydrogen (secondary N) is 1. The number of hydrogen-bond donors (Lipinski definition) is 1. The van der Waals surface area contributed by atoms with E-state index in [-0.39, 0.29) is 18.6 Å². The van der Waals surface area contributed by atoms with E-state index < -0.39 is 31.7 Å². The Hall–Kier alpha value is -4.21. The number of nitrogens with zero attached hydrogens (tertiary/aromatic N) is 1. The van der Waals surface area contributed by atoms with Crippen molar-refractivity contribution in [3.05, 3.63) is 143 Å². The predicted octanol–water partition coefficient (Wildman–Crippen LogP) is 7.02. The maximum Gasteiger partial charge on any atom is 0.185 e. The van der Waals surface area contributed by atoms with Crippen molar-refractivity contribution in [2.75, 3.05) is 29.5 Å². The highest BCUT2D eigenvalue weighted by Crippen LogP contribution is 2.48. The van der Waals surface area contributed by atoms with Gasteiger partial charge in [-0.15, -0.1) is 0 Å². The van der Waals surface area contributed by atoms with Gasteiger partial charge in [-0.1, -0.05) is 90.6 Å². The first-order valence-corrected chi connectivity index (χ1v) is 22.3. The molecule has 0 amide bonds. The molecular formula is C41H37N2O7S4-. The van der Waals surface area contributed by atoms with Gasteiger partial charge >= 0.3 is 0 Å². The van der Waals surface area contributed by atoms with Crippen molar-refractivity contribution in [2.24, 2.45) is 0 Å². The summed E-state index contributed by atoms with van der Waals surface area (Å²) >= 11 is 3.11. The largest absolute Gasteiger partial charge is 0.748 e. The van der Waals surface area contributed by atoms with Gasteiger partial charge in [-0.25, -0.2) is 16.8 Å². The molecule has 0 radical (unpaired) electrons. The van der Waals surface area contributed by atoms with Crippen molar-refractivity contribution in [3.8, 4) is 22.3 Å². The number of ketones is 1. The second-order valence-corrected chi connectivity index (χ2v) is 18.4. The van der Waals surface area contributed by atoms with Crippen molar-refractivity contribution in [1.29, 1.82) is 0 Å². The molecule has 1 saturated carbocycles. The van der Waals surface area contributed by atoms with Crippen LogP contribution in [0.25, 0.3) is 22.3 Å². The number of benzene rings is 4. The monoisotopic (exact) mass is 797 g/mol. The standard InChI is InChI=1S/C41H38N2O7S4/c44-41-31(17-21-39-42(23-7-25-53(45,46)47)35-27-33(15-19-37(35)51-39)29-9-3-1-4-10-29)13-14-32(41)18-22-40-43(24-8-26-54(48,49)50)36-28-34(16-20-38(36)52-40)30-11-5-2-6-12-30/h1-6,9-12,15-22,27-28H,7-8,13-14,23-26H2,(H,45,46,47)(H,48,49,50)/p-1/b31-17+,32-18+,39-21-,40-22-. The van der Waals surface area contributed by atoms with Gasteiger partial charge in [0.2, 0.25) is 0 Å². The second kappa shape index (κ2) is 16.3. The molecule has 0 bridgehead atoms. The lowest BCUT2D eigenvalue weighted by Gasteiger charge is -2.21. The van der Waals surface area contributed by atoms with Crippen LogP contribution in [-0.2, 0) is 25.0 Å². The summed E-state index contributed by atoms with van der Waals surface area (Å²) in [6, 6.07) is 32.3. The Bertz CT molecular complexity index is 2260. The van der Waals surface area contributed by atoms with Crippen LogP contribution in [0.15, 0.2) is 152 Å². The predicted molar refractivity (Wildman–Crippen MR) is 213 cm³/mol. The zero-order chi connectivity index (χ0) is 37.9. The highest BCUT2D eigenvalue weighted by molar-refractivity contribution is 8.03. The first kappa shape index (κ1) is 38.1. The van der Waals surface area contributed by atoms with E-state index in [9.17, 15) is 30.7 Å². The molecule has 7 rings (SSSR count).